The summed E-state index contributed by atoms with van der Waals surface area (Å²) in [7, 11) is 1.98. The Morgan fingerprint density at radius 3 is 3.05 bits per heavy atom. The van der Waals surface area contributed by atoms with E-state index in [4.69, 9.17) is 4.42 Å². The Morgan fingerprint density at radius 2 is 2.30 bits per heavy atom. The Hall–Kier alpha value is -2.63. The van der Waals surface area contributed by atoms with Crippen molar-refractivity contribution in [3.8, 4) is 0 Å². The van der Waals surface area contributed by atoms with E-state index in [9.17, 15) is 4.79 Å². The molecule has 2 aromatic heterocycles. The number of benzene rings is 1. The summed E-state index contributed by atoms with van der Waals surface area (Å²) in [4.78, 5) is 19.9. The number of hydrogen-bond acceptors (Lipinski definition) is 4. The average Bonchev–Trinajstić information content (AvgIpc) is 3.06. The smallest absolute Gasteiger partial charge is 0.288 e. The largest absolute Gasteiger partial charge is 0.438 e. The average molecular weight is 270 g/mol. The van der Waals surface area contributed by atoms with E-state index in [0.29, 0.717) is 6.54 Å². The summed E-state index contributed by atoms with van der Waals surface area (Å²) < 4.78 is 6.97. The number of carbonyl (C=O) groups is 1. The highest BCUT2D eigenvalue weighted by Gasteiger charge is 2.09. The highest BCUT2D eigenvalue weighted by atomic mass is 16.3. The Bertz CT molecular complexity index is 759. The lowest BCUT2D eigenvalue weighted by molar-refractivity contribution is 0.0923. The lowest BCUT2D eigenvalue weighted by Gasteiger charge is -2.03. The molecule has 0 aliphatic rings. The fourth-order valence-corrected chi connectivity index (χ4v) is 2.07. The third-order valence-electron chi connectivity index (χ3n) is 3.28. The third kappa shape index (κ3) is 2.16. The van der Waals surface area contributed by atoms with Crippen molar-refractivity contribution in [3.63, 3.8) is 0 Å². The molecule has 0 saturated heterocycles. The molecule has 1 aromatic carbocycles. The number of carbonyl (C=O) groups excluding carboxylic acids is 1. The van der Waals surface area contributed by atoms with Crippen molar-refractivity contribution in [3.05, 3.63) is 47.9 Å². The molecule has 0 aliphatic carbocycles. The van der Waals surface area contributed by atoms with Crippen LogP contribution in [0.2, 0.25) is 0 Å². The number of aryl methyl sites for hydroxylation is 2. The van der Waals surface area contributed by atoms with Gasteiger partial charge >= 0.3 is 0 Å². The number of nitrogens with one attached hydrogen (secondary N) is 1. The van der Waals surface area contributed by atoms with Crippen LogP contribution in [0.15, 0.2) is 35.2 Å². The quantitative estimate of drug-likeness (QED) is 0.787. The van der Waals surface area contributed by atoms with Gasteiger partial charge in [0.1, 0.15) is 5.82 Å². The van der Waals surface area contributed by atoms with E-state index in [1.54, 1.807) is 0 Å². The molecule has 1 amide bonds. The molecule has 0 saturated carbocycles. The molecule has 0 radical (unpaired) electrons. The number of rotatable bonds is 3. The first kappa shape index (κ1) is 12.4. The highest BCUT2D eigenvalue weighted by molar-refractivity contribution is 5.91. The summed E-state index contributed by atoms with van der Waals surface area (Å²) in [6.45, 7) is 2.39. The standard InChI is InChI=1S/C14H14N4O2/c1-9-17-11-5-10(3-4-12(11)18(9)2)6-16-14(19)13-7-15-8-20-13/h3-5,7-8H,6H2,1-2H3,(H,16,19). The molecule has 3 aromatic rings. The number of amides is 1. The minimum absolute atomic E-state index is 0.208. The predicted molar refractivity (Wildman–Crippen MR) is 73.1 cm³/mol. The molecular formula is C14H14N4O2. The molecule has 0 spiro atoms. The van der Waals surface area contributed by atoms with Crippen molar-refractivity contribution in [2.75, 3.05) is 0 Å². The molecule has 6 heteroatoms. The zero-order chi connectivity index (χ0) is 14.1. The number of nitrogens with zero attached hydrogens (tertiary/aromatic N) is 3. The van der Waals surface area contributed by atoms with E-state index in [1.165, 1.54) is 12.6 Å². The van der Waals surface area contributed by atoms with E-state index >= 15 is 0 Å². The van der Waals surface area contributed by atoms with Crippen LogP contribution < -0.4 is 5.32 Å². The third-order valence-corrected chi connectivity index (χ3v) is 3.28. The second-order valence-electron chi connectivity index (χ2n) is 4.59. The van der Waals surface area contributed by atoms with Gasteiger partial charge in [-0.15, -0.1) is 0 Å². The first-order valence-electron chi connectivity index (χ1n) is 6.24. The topological polar surface area (TPSA) is 73.0 Å². The highest BCUT2D eigenvalue weighted by Crippen LogP contribution is 2.16. The minimum Gasteiger partial charge on any atom is -0.438 e. The molecule has 1 N–H and O–H groups in total. The first-order chi connectivity index (χ1) is 9.65. The molecule has 102 valence electrons. The van der Waals surface area contributed by atoms with Gasteiger partial charge < -0.3 is 14.3 Å². The Kier molecular flexibility index (Phi) is 2.98. The van der Waals surface area contributed by atoms with Crippen molar-refractivity contribution < 1.29 is 9.21 Å². The van der Waals surface area contributed by atoms with Gasteiger partial charge in [-0.25, -0.2) is 9.97 Å². The van der Waals surface area contributed by atoms with Gasteiger partial charge in [0.2, 0.25) is 5.76 Å². The molecular weight excluding hydrogens is 256 g/mol. The van der Waals surface area contributed by atoms with Gasteiger partial charge in [-0.1, -0.05) is 6.07 Å². The number of hydrogen-bond donors (Lipinski definition) is 1. The van der Waals surface area contributed by atoms with Crippen LogP contribution in [0.25, 0.3) is 11.0 Å². The van der Waals surface area contributed by atoms with Gasteiger partial charge in [0.15, 0.2) is 6.39 Å². The van der Waals surface area contributed by atoms with Crippen LogP contribution in [-0.2, 0) is 13.6 Å². The maximum atomic E-state index is 11.7. The van der Waals surface area contributed by atoms with Gasteiger partial charge in [0, 0.05) is 13.6 Å². The van der Waals surface area contributed by atoms with Gasteiger partial charge in [-0.3, -0.25) is 4.79 Å². The molecule has 0 unspecified atom stereocenters. The van der Waals surface area contributed by atoms with Crippen LogP contribution in [0.1, 0.15) is 21.9 Å². The van der Waals surface area contributed by atoms with Crippen LogP contribution in [0, 0.1) is 6.92 Å². The van der Waals surface area contributed by atoms with Crippen molar-refractivity contribution in [2.24, 2.45) is 7.05 Å². The predicted octanol–water partition coefficient (Wildman–Crippen LogP) is 1.80. The van der Waals surface area contributed by atoms with E-state index in [2.05, 4.69) is 15.3 Å². The second-order valence-corrected chi connectivity index (χ2v) is 4.59. The van der Waals surface area contributed by atoms with Gasteiger partial charge in [0.25, 0.3) is 5.91 Å². The second kappa shape index (κ2) is 4.80. The molecule has 0 fully saturated rings. The Balaban J connectivity index is 1.76. The van der Waals surface area contributed by atoms with E-state index in [1.807, 2.05) is 36.7 Å². The fraction of sp³-hybridized carbons (Fsp3) is 0.214. The fourth-order valence-electron chi connectivity index (χ4n) is 2.07. The van der Waals surface area contributed by atoms with E-state index < -0.39 is 0 Å². The summed E-state index contributed by atoms with van der Waals surface area (Å²) in [6.07, 6.45) is 2.62. The summed E-state index contributed by atoms with van der Waals surface area (Å²) in [5, 5.41) is 2.78. The molecule has 6 nitrogen and oxygen atoms in total. The number of aromatic nitrogens is 3. The molecule has 20 heavy (non-hydrogen) atoms. The summed E-state index contributed by atoms with van der Waals surface area (Å²) >= 11 is 0. The molecule has 0 atom stereocenters. The van der Waals surface area contributed by atoms with Crippen LogP contribution in [-0.4, -0.2) is 20.4 Å². The first-order valence-corrected chi connectivity index (χ1v) is 6.24. The number of oxazole rings is 1. The Labute approximate surface area is 115 Å². The van der Waals surface area contributed by atoms with Gasteiger partial charge in [0.05, 0.1) is 17.2 Å². The van der Waals surface area contributed by atoms with Crippen molar-refractivity contribution in [2.45, 2.75) is 13.5 Å². The van der Waals surface area contributed by atoms with E-state index in [0.717, 1.165) is 22.4 Å². The molecule has 0 bridgehead atoms. The SMILES string of the molecule is Cc1nc2cc(CNC(=O)c3cnco3)ccc2n1C. The van der Waals surface area contributed by atoms with Gasteiger partial charge in [-0.2, -0.15) is 0 Å². The molecule has 0 aliphatic heterocycles. The van der Waals surface area contributed by atoms with Crippen LogP contribution >= 0.6 is 0 Å². The number of imidazole rings is 1. The maximum absolute atomic E-state index is 11.7. The lowest BCUT2D eigenvalue weighted by Crippen LogP contribution is -2.22. The molecule has 3 rings (SSSR count). The van der Waals surface area contributed by atoms with Crippen molar-refractivity contribution in [1.29, 1.82) is 0 Å². The monoisotopic (exact) mass is 270 g/mol. The normalized spacial score (nSPS) is 10.9. The zero-order valence-electron chi connectivity index (χ0n) is 11.3. The van der Waals surface area contributed by atoms with E-state index in [-0.39, 0.29) is 11.7 Å². The minimum atomic E-state index is -0.278. The summed E-state index contributed by atoms with van der Waals surface area (Å²) in [6, 6.07) is 5.96. The summed E-state index contributed by atoms with van der Waals surface area (Å²) in [5.74, 6) is 0.891. The molecule has 2 heterocycles. The zero-order valence-corrected chi connectivity index (χ0v) is 11.3. The lowest BCUT2D eigenvalue weighted by atomic mass is 10.2. The maximum Gasteiger partial charge on any atom is 0.288 e. The van der Waals surface area contributed by atoms with Crippen molar-refractivity contribution >= 4 is 16.9 Å². The van der Waals surface area contributed by atoms with Crippen LogP contribution in [0.4, 0.5) is 0 Å². The van der Waals surface area contributed by atoms with Gasteiger partial charge in [-0.05, 0) is 24.6 Å². The summed E-state index contributed by atoms with van der Waals surface area (Å²) in [5.41, 5.74) is 2.99. The van der Waals surface area contributed by atoms with Crippen LogP contribution in [0.5, 0.6) is 0 Å². The van der Waals surface area contributed by atoms with Crippen LogP contribution in [0.3, 0.4) is 0 Å². The van der Waals surface area contributed by atoms with Crippen molar-refractivity contribution in [1.82, 2.24) is 19.9 Å². The number of fused-ring (bicyclic) bond motifs is 1. The Morgan fingerprint density at radius 1 is 1.45 bits per heavy atom.